The fourth-order valence-electron chi connectivity index (χ4n) is 7.61. The van der Waals surface area contributed by atoms with E-state index in [9.17, 15) is 24.6 Å². The number of aliphatic hydroxyl groups is 2. The highest BCUT2D eigenvalue weighted by molar-refractivity contribution is 5.90. The van der Waals surface area contributed by atoms with Gasteiger partial charge >= 0.3 is 17.6 Å². The van der Waals surface area contributed by atoms with Gasteiger partial charge in [-0.1, -0.05) is 60.2 Å². The Hall–Kier alpha value is -4.77. The van der Waals surface area contributed by atoms with E-state index in [-0.39, 0.29) is 43.1 Å². The molecule has 0 radical (unpaired) electrons. The molecule has 10 nitrogen and oxygen atoms in total. The van der Waals surface area contributed by atoms with Crippen LogP contribution in [0.4, 0.5) is 0 Å². The predicted molar refractivity (Wildman–Crippen MR) is 203 cm³/mol. The molecule has 0 amide bonds. The summed E-state index contributed by atoms with van der Waals surface area (Å²) in [4.78, 5) is 42.0. The summed E-state index contributed by atoms with van der Waals surface area (Å²) in [5, 5.41) is 19.5. The molecule has 0 saturated carbocycles. The van der Waals surface area contributed by atoms with Gasteiger partial charge in [-0.3, -0.25) is 4.79 Å². The largest absolute Gasteiger partial charge is 0.483 e. The van der Waals surface area contributed by atoms with Gasteiger partial charge in [0.1, 0.15) is 23.7 Å². The van der Waals surface area contributed by atoms with Crippen LogP contribution in [0.2, 0.25) is 0 Å². The van der Waals surface area contributed by atoms with Crippen molar-refractivity contribution in [2.24, 2.45) is 5.92 Å². The molecule has 0 unspecified atom stereocenters. The molecule has 2 N–H and O–H groups in total. The lowest BCUT2D eigenvalue weighted by Crippen LogP contribution is -2.52. The lowest BCUT2D eigenvalue weighted by molar-refractivity contribution is -0.188. The number of ether oxygens (including phenoxy) is 4. The molecule has 0 spiro atoms. The molecule has 0 saturated heterocycles. The predicted octanol–water partition coefficient (Wildman–Crippen LogP) is 7.06. The van der Waals surface area contributed by atoms with Crippen molar-refractivity contribution < 1.29 is 43.2 Å². The van der Waals surface area contributed by atoms with Crippen molar-refractivity contribution in [1.82, 2.24) is 0 Å². The maximum absolute atomic E-state index is 14.2. The summed E-state index contributed by atoms with van der Waals surface area (Å²) in [6, 6.07) is 23.7. The third kappa shape index (κ3) is 8.94. The van der Waals surface area contributed by atoms with Gasteiger partial charge in [-0.25, -0.2) is 9.59 Å². The van der Waals surface area contributed by atoms with Gasteiger partial charge in [-0.05, 0) is 107 Å². The van der Waals surface area contributed by atoms with Gasteiger partial charge in [0.15, 0.2) is 12.2 Å². The first kappa shape index (κ1) is 38.9. The highest BCUT2D eigenvalue weighted by atomic mass is 16.6. The highest BCUT2D eigenvalue weighted by Crippen LogP contribution is 2.47. The lowest BCUT2D eigenvalue weighted by Gasteiger charge is -2.43. The van der Waals surface area contributed by atoms with E-state index in [1.807, 2.05) is 32.0 Å². The van der Waals surface area contributed by atoms with Crippen molar-refractivity contribution in [3.8, 4) is 5.75 Å². The standard InChI is InChI=1S/C44H50O10/c1-27(2)34-18-16-29-10-13-30(14-11-29)22-31(15-12-28-8-6-5-7-9-28)23-37(47)51-40-38-36(54-44(3,4)41(40)53-42(34)48)19-17-32-24-35(43(49)52-39(32)38)33(20-21-45)25-50-26-46/h5-11,13-14,17,19,24,31,33,40-41,45-46H,12,15-16,18,20-23,25-26H2,1-4H3/t31-,33+,40-,41-/m0/s1. The van der Waals surface area contributed by atoms with E-state index in [0.29, 0.717) is 41.5 Å². The number of hydrogen-bond donors (Lipinski definition) is 2. The van der Waals surface area contributed by atoms with E-state index in [1.54, 1.807) is 32.0 Å². The van der Waals surface area contributed by atoms with Gasteiger partial charge in [-0.2, -0.15) is 0 Å². The van der Waals surface area contributed by atoms with Crippen molar-refractivity contribution in [2.75, 3.05) is 20.0 Å². The Bertz CT molecular complexity index is 2020. The average molecular weight is 739 g/mol. The van der Waals surface area contributed by atoms with Crippen molar-refractivity contribution in [2.45, 2.75) is 96.4 Å². The van der Waals surface area contributed by atoms with E-state index in [0.717, 1.165) is 29.5 Å². The Labute approximate surface area is 315 Å². The molecule has 2 bridgehead atoms. The Morgan fingerprint density at radius 2 is 1.65 bits per heavy atom. The normalized spacial score (nSPS) is 20.7. The molecule has 1 aromatic heterocycles. The molecule has 10 heteroatoms. The molecule has 3 aliphatic heterocycles. The van der Waals surface area contributed by atoms with E-state index < -0.39 is 48.1 Å². The van der Waals surface area contributed by atoms with E-state index >= 15 is 0 Å². The molecule has 4 aromatic rings. The van der Waals surface area contributed by atoms with Crippen LogP contribution in [0.25, 0.3) is 11.0 Å². The molecule has 3 aromatic carbocycles. The summed E-state index contributed by atoms with van der Waals surface area (Å²) in [5.74, 6) is -1.28. The molecule has 0 fully saturated rings. The number of allylic oxidation sites excluding steroid dienone is 1. The third-order valence-corrected chi connectivity index (χ3v) is 10.6. The molecule has 4 atom stereocenters. The van der Waals surface area contributed by atoms with Crippen LogP contribution in [0.1, 0.15) is 93.2 Å². The summed E-state index contributed by atoms with van der Waals surface area (Å²) in [7, 11) is 0. The molecule has 54 heavy (non-hydrogen) atoms. The number of aliphatic hydroxyl groups excluding tert-OH is 2. The molecule has 7 rings (SSSR count). The molecular formula is C44H50O10. The van der Waals surface area contributed by atoms with Gasteiger partial charge < -0.3 is 33.6 Å². The number of hydrogen-bond acceptors (Lipinski definition) is 10. The van der Waals surface area contributed by atoms with Gasteiger partial charge in [0, 0.05) is 35.5 Å². The van der Waals surface area contributed by atoms with Gasteiger partial charge in [-0.15, -0.1) is 0 Å². The minimum absolute atomic E-state index is 0.00402. The molecule has 0 aliphatic carbocycles. The Morgan fingerprint density at radius 1 is 0.907 bits per heavy atom. The van der Waals surface area contributed by atoms with E-state index in [4.69, 9.17) is 23.4 Å². The van der Waals surface area contributed by atoms with Gasteiger partial charge in [0.25, 0.3) is 0 Å². The zero-order valence-corrected chi connectivity index (χ0v) is 31.5. The summed E-state index contributed by atoms with van der Waals surface area (Å²) in [6.07, 6.45) is 1.31. The monoisotopic (exact) mass is 738 g/mol. The highest BCUT2D eigenvalue weighted by Gasteiger charge is 2.50. The lowest BCUT2D eigenvalue weighted by atomic mass is 9.86. The molecule has 286 valence electrons. The fraction of sp³-hybridized carbons (Fsp3) is 0.432. The molecule has 4 heterocycles. The number of carbonyl (C=O) groups excluding carboxylic acids is 2. The summed E-state index contributed by atoms with van der Waals surface area (Å²) in [5.41, 5.74) is 3.59. The number of aryl methyl sites for hydroxylation is 2. The minimum atomic E-state index is -1.18. The second kappa shape index (κ2) is 17.1. The topological polar surface area (TPSA) is 142 Å². The summed E-state index contributed by atoms with van der Waals surface area (Å²) in [6.45, 7) is 6.56. The minimum Gasteiger partial charge on any atom is -0.483 e. The first-order chi connectivity index (χ1) is 26.0. The second-order valence-corrected chi connectivity index (χ2v) is 15.1. The molecule has 3 aliphatic rings. The fourth-order valence-corrected chi connectivity index (χ4v) is 7.61. The van der Waals surface area contributed by atoms with Crippen LogP contribution in [0, 0.1) is 5.92 Å². The zero-order chi connectivity index (χ0) is 38.4. The summed E-state index contributed by atoms with van der Waals surface area (Å²) >= 11 is 0. The van der Waals surface area contributed by atoms with Crippen LogP contribution in [0.15, 0.2) is 93.2 Å². The first-order valence-corrected chi connectivity index (χ1v) is 18.7. The van der Waals surface area contributed by atoms with E-state index in [2.05, 4.69) is 36.4 Å². The van der Waals surface area contributed by atoms with Crippen molar-refractivity contribution >= 4 is 22.9 Å². The quantitative estimate of drug-likeness (QED) is 0.0794. The number of carbonyl (C=O) groups is 2. The van der Waals surface area contributed by atoms with Crippen molar-refractivity contribution in [3.63, 3.8) is 0 Å². The van der Waals surface area contributed by atoms with Crippen LogP contribution < -0.4 is 10.4 Å². The summed E-state index contributed by atoms with van der Waals surface area (Å²) < 4.78 is 30.5. The first-order valence-electron chi connectivity index (χ1n) is 18.7. The van der Waals surface area contributed by atoms with Crippen LogP contribution in [-0.2, 0) is 43.1 Å². The SMILES string of the molecule is CC(C)=C1CCc2ccc(cc2)C[C@H](CCc2ccccc2)CC(=O)O[C@H]2c3c(ccc4cc([C@H](CCO)COCO)c(=O)oc34)OC(C)(C)[C@H]2OC1=O. The Morgan fingerprint density at radius 3 is 2.35 bits per heavy atom. The Balaban J connectivity index is 1.44. The van der Waals surface area contributed by atoms with Crippen molar-refractivity contribution in [3.05, 3.63) is 122 Å². The van der Waals surface area contributed by atoms with Crippen LogP contribution in [0.5, 0.6) is 5.75 Å². The zero-order valence-electron chi connectivity index (χ0n) is 31.5. The third-order valence-electron chi connectivity index (χ3n) is 10.6. The smallest absolute Gasteiger partial charge is 0.339 e. The maximum Gasteiger partial charge on any atom is 0.339 e. The van der Waals surface area contributed by atoms with Crippen molar-refractivity contribution in [1.29, 1.82) is 0 Å². The van der Waals surface area contributed by atoms with Crippen LogP contribution >= 0.6 is 0 Å². The van der Waals surface area contributed by atoms with E-state index in [1.165, 1.54) is 5.56 Å². The number of benzene rings is 3. The van der Waals surface area contributed by atoms with Crippen LogP contribution in [0.3, 0.4) is 0 Å². The average Bonchev–Trinajstić information content (AvgIpc) is 3.14. The maximum atomic E-state index is 14.2. The number of esters is 2. The number of fused-ring (bicyclic) bond motifs is 13. The van der Waals surface area contributed by atoms with Gasteiger partial charge in [0.05, 0.1) is 12.2 Å². The number of rotatable bonds is 9. The Kier molecular flexibility index (Phi) is 12.4. The molecular weight excluding hydrogens is 688 g/mol. The second-order valence-electron chi connectivity index (χ2n) is 15.1. The van der Waals surface area contributed by atoms with Gasteiger partial charge in [0.2, 0.25) is 0 Å². The van der Waals surface area contributed by atoms with Crippen LogP contribution in [-0.4, -0.2) is 53.9 Å².